The maximum Gasteiger partial charge on any atom is 0.323 e. The molecule has 4 heteroatoms. The third-order valence-corrected chi connectivity index (χ3v) is 3.19. The van der Waals surface area contributed by atoms with Gasteiger partial charge in [-0.25, -0.2) is 4.79 Å². The van der Waals surface area contributed by atoms with Crippen LogP contribution < -0.4 is 11.4 Å². The van der Waals surface area contributed by atoms with Crippen LogP contribution in [0.15, 0.2) is 23.0 Å². The largest absolute Gasteiger partial charge is 0.328 e. The molecule has 1 fully saturated rings. The number of imidazole rings is 1. The van der Waals surface area contributed by atoms with Gasteiger partial charge in [0.2, 0.25) is 0 Å². The first-order chi connectivity index (χ1) is 7.22. The molecule has 1 aliphatic carbocycles. The summed E-state index contributed by atoms with van der Waals surface area (Å²) in [4.78, 5) is 16.6. The molecule has 0 atom stereocenters. The fourth-order valence-electron chi connectivity index (χ4n) is 2.24. The van der Waals surface area contributed by atoms with Crippen LogP contribution in [0, 0.1) is 0 Å². The highest BCUT2D eigenvalue weighted by Gasteiger charge is 2.27. The third-order valence-electron chi connectivity index (χ3n) is 3.19. The van der Waals surface area contributed by atoms with E-state index in [0.29, 0.717) is 12.0 Å². The number of fused-ring (bicyclic) bond motifs is 1. The lowest BCUT2D eigenvalue weighted by Crippen LogP contribution is -2.34. The lowest BCUT2D eigenvalue weighted by molar-refractivity contribution is 0.352. The quantitative estimate of drug-likeness (QED) is 0.648. The molecule has 4 nitrogen and oxygen atoms in total. The van der Waals surface area contributed by atoms with Gasteiger partial charge in [0.1, 0.15) is 0 Å². The van der Waals surface area contributed by atoms with Crippen molar-refractivity contribution in [2.45, 2.75) is 24.8 Å². The van der Waals surface area contributed by atoms with Gasteiger partial charge in [0.25, 0.3) is 0 Å². The van der Waals surface area contributed by atoms with Gasteiger partial charge in [0.05, 0.1) is 11.0 Å². The summed E-state index contributed by atoms with van der Waals surface area (Å²) < 4.78 is 0. The normalized spacial score (nSPS) is 25.4. The summed E-state index contributed by atoms with van der Waals surface area (Å²) in [5, 5.41) is 0. The van der Waals surface area contributed by atoms with Crippen LogP contribution in [0.4, 0.5) is 0 Å². The number of nitrogens with one attached hydrogen (secondary N) is 2. The van der Waals surface area contributed by atoms with Gasteiger partial charge in [-0.3, -0.25) is 0 Å². The minimum absolute atomic E-state index is 0.146. The van der Waals surface area contributed by atoms with E-state index in [1.54, 1.807) is 0 Å². The van der Waals surface area contributed by atoms with Crippen molar-refractivity contribution < 1.29 is 0 Å². The summed E-state index contributed by atoms with van der Waals surface area (Å²) in [7, 11) is 0. The molecule has 0 aliphatic heterocycles. The molecule has 2 aromatic rings. The summed E-state index contributed by atoms with van der Waals surface area (Å²) in [5.41, 5.74) is 8.65. The standard InChI is InChI=1S/C11H13N3O/c12-8-3-7(4-8)6-1-2-9-10(5-6)14-11(15)13-9/h1-2,5,7-8H,3-4,12H2,(H2,13,14,15). The van der Waals surface area contributed by atoms with Gasteiger partial charge in [-0.1, -0.05) is 6.07 Å². The zero-order valence-corrected chi connectivity index (χ0v) is 8.29. The summed E-state index contributed by atoms with van der Waals surface area (Å²) in [6.07, 6.45) is 2.11. The van der Waals surface area contributed by atoms with Crippen molar-refractivity contribution in [1.29, 1.82) is 0 Å². The number of nitrogens with two attached hydrogens (primary N) is 1. The molecule has 1 aromatic heterocycles. The van der Waals surface area contributed by atoms with Gasteiger partial charge in [-0.15, -0.1) is 0 Å². The van der Waals surface area contributed by atoms with E-state index in [4.69, 9.17) is 5.73 Å². The predicted molar refractivity (Wildman–Crippen MR) is 58.9 cm³/mol. The van der Waals surface area contributed by atoms with Crippen LogP contribution in [-0.4, -0.2) is 16.0 Å². The molecule has 1 aromatic carbocycles. The number of aromatic nitrogens is 2. The molecule has 4 N–H and O–H groups in total. The Balaban J connectivity index is 2.02. The minimum Gasteiger partial charge on any atom is -0.328 e. The molecule has 3 rings (SSSR count). The van der Waals surface area contributed by atoms with Gasteiger partial charge in [-0.05, 0) is 36.5 Å². The van der Waals surface area contributed by atoms with E-state index in [0.717, 1.165) is 23.9 Å². The van der Waals surface area contributed by atoms with Crippen molar-refractivity contribution in [2.75, 3.05) is 0 Å². The van der Waals surface area contributed by atoms with Crippen LogP contribution >= 0.6 is 0 Å². The number of H-pyrrole nitrogens is 2. The third kappa shape index (κ3) is 1.37. The number of hydrogen-bond acceptors (Lipinski definition) is 2. The Morgan fingerprint density at radius 1 is 1.20 bits per heavy atom. The van der Waals surface area contributed by atoms with E-state index in [1.165, 1.54) is 5.56 Å². The molecule has 0 bridgehead atoms. The summed E-state index contributed by atoms with van der Waals surface area (Å²) in [6.45, 7) is 0. The van der Waals surface area contributed by atoms with Gasteiger partial charge in [0, 0.05) is 6.04 Å². The van der Waals surface area contributed by atoms with Gasteiger partial charge in [-0.2, -0.15) is 0 Å². The molecule has 1 heterocycles. The van der Waals surface area contributed by atoms with Crippen LogP contribution in [0.25, 0.3) is 11.0 Å². The molecule has 0 radical (unpaired) electrons. The van der Waals surface area contributed by atoms with E-state index in [-0.39, 0.29) is 5.69 Å². The highest BCUT2D eigenvalue weighted by Crippen LogP contribution is 2.36. The number of rotatable bonds is 1. The average molecular weight is 203 g/mol. The number of benzene rings is 1. The zero-order valence-electron chi connectivity index (χ0n) is 8.29. The molecule has 1 aliphatic rings. The van der Waals surface area contributed by atoms with Crippen molar-refractivity contribution in [2.24, 2.45) is 5.73 Å². The maximum atomic E-state index is 11.1. The van der Waals surface area contributed by atoms with E-state index >= 15 is 0 Å². The summed E-state index contributed by atoms with van der Waals surface area (Å²) in [6, 6.07) is 6.43. The second kappa shape index (κ2) is 2.97. The second-order valence-electron chi connectivity index (χ2n) is 4.31. The fourth-order valence-corrected chi connectivity index (χ4v) is 2.24. The van der Waals surface area contributed by atoms with E-state index in [2.05, 4.69) is 16.0 Å². The highest BCUT2D eigenvalue weighted by molar-refractivity contribution is 5.75. The molecule has 0 saturated heterocycles. The predicted octanol–water partition coefficient (Wildman–Crippen LogP) is 1.06. The van der Waals surface area contributed by atoms with E-state index < -0.39 is 0 Å². The molecular formula is C11H13N3O. The lowest BCUT2D eigenvalue weighted by atomic mass is 9.76. The van der Waals surface area contributed by atoms with Crippen molar-refractivity contribution >= 4 is 11.0 Å². The first kappa shape index (κ1) is 8.73. The Morgan fingerprint density at radius 2 is 1.93 bits per heavy atom. The highest BCUT2D eigenvalue weighted by atomic mass is 16.1. The zero-order chi connectivity index (χ0) is 10.4. The van der Waals surface area contributed by atoms with Crippen molar-refractivity contribution in [3.63, 3.8) is 0 Å². The monoisotopic (exact) mass is 203 g/mol. The summed E-state index contributed by atoms with van der Waals surface area (Å²) in [5.74, 6) is 0.572. The van der Waals surface area contributed by atoms with Crippen LogP contribution in [-0.2, 0) is 0 Å². The molecule has 0 spiro atoms. The fraction of sp³-hybridized carbons (Fsp3) is 0.364. The average Bonchev–Trinajstić information content (AvgIpc) is 2.52. The topological polar surface area (TPSA) is 74.7 Å². The minimum atomic E-state index is -0.146. The Morgan fingerprint density at radius 3 is 2.67 bits per heavy atom. The Hall–Kier alpha value is -1.55. The van der Waals surface area contributed by atoms with Crippen molar-refractivity contribution in [3.05, 3.63) is 34.2 Å². The van der Waals surface area contributed by atoms with Crippen LogP contribution in [0.2, 0.25) is 0 Å². The van der Waals surface area contributed by atoms with E-state index in [9.17, 15) is 4.79 Å². The molecule has 0 unspecified atom stereocenters. The first-order valence-corrected chi connectivity index (χ1v) is 5.20. The van der Waals surface area contributed by atoms with Crippen molar-refractivity contribution in [3.8, 4) is 0 Å². The van der Waals surface area contributed by atoms with Crippen LogP contribution in [0.3, 0.4) is 0 Å². The summed E-state index contributed by atoms with van der Waals surface area (Å²) >= 11 is 0. The molecule has 1 saturated carbocycles. The molecular weight excluding hydrogens is 190 g/mol. The van der Waals surface area contributed by atoms with Gasteiger partial charge in [0.15, 0.2) is 0 Å². The van der Waals surface area contributed by atoms with Gasteiger partial charge < -0.3 is 15.7 Å². The van der Waals surface area contributed by atoms with Gasteiger partial charge >= 0.3 is 5.69 Å². The first-order valence-electron chi connectivity index (χ1n) is 5.20. The van der Waals surface area contributed by atoms with E-state index in [1.807, 2.05) is 12.1 Å². The Bertz CT molecular complexity index is 548. The SMILES string of the molecule is NC1CC(c2ccc3[nH]c(=O)[nH]c3c2)C1. The van der Waals surface area contributed by atoms with Crippen molar-refractivity contribution in [1.82, 2.24) is 9.97 Å². The lowest BCUT2D eigenvalue weighted by Gasteiger charge is -2.32. The molecule has 15 heavy (non-hydrogen) atoms. The second-order valence-corrected chi connectivity index (χ2v) is 4.31. The molecule has 0 amide bonds. The molecule has 78 valence electrons. The van der Waals surface area contributed by atoms with Crippen LogP contribution in [0.5, 0.6) is 0 Å². The number of hydrogen-bond donors (Lipinski definition) is 3. The smallest absolute Gasteiger partial charge is 0.323 e. The Kier molecular flexibility index (Phi) is 1.73. The van der Waals surface area contributed by atoms with Crippen LogP contribution in [0.1, 0.15) is 24.3 Å². The Labute approximate surface area is 86.5 Å². The maximum absolute atomic E-state index is 11.1. The number of aromatic amines is 2.